The Labute approximate surface area is 255 Å². The van der Waals surface area contributed by atoms with Crippen molar-refractivity contribution in [3.8, 4) is 11.1 Å². The number of hydrogen-bond acceptors (Lipinski definition) is 1. The molecule has 0 spiro atoms. The molecule has 43 heavy (non-hydrogen) atoms. The van der Waals surface area contributed by atoms with Crippen LogP contribution >= 0.6 is 0 Å². The summed E-state index contributed by atoms with van der Waals surface area (Å²) in [7, 11) is 0. The van der Waals surface area contributed by atoms with Gasteiger partial charge in [0, 0.05) is 22.4 Å². The van der Waals surface area contributed by atoms with Crippen LogP contribution in [0.3, 0.4) is 0 Å². The molecule has 0 saturated heterocycles. The monoisotopic (exact) mass is 553 g/mol. The molecular weight excluding hydrogens is 517 g/mol. The standard InChI is InChI=1S/C41H36BN/c1-25-19-27(3)40(28(4)20-25)42(41-29(5)21-26(2)22-30(41)6)35-16-13-31(14-17-35)33-15-18-37-38(23-33)43-24-34-12-11-32-9-7-8-10-36(32)39(34)37/h7-24H,1-6H3. The number of pyridine rings is 1. The van der Waals surface area contributed by atoms with E-state index < -0.39 is 0 Å². The van der Waals surface area contributed by atoms with Crippen molar-refractivity contribution >= 4 is 55.5 Å². The van der Waals surface area contributed by atoms with Crippen molar-refractivity contribution < 1.29 is 0 Å². The first-order valence-corrected chi connectivity index (χ1v) is 15.2. The van der Waals surface area contributed by atoms with Crippen molar-refractivity contribution in [3.63, 3.8) is 0 Å². The number of fused-ring (bicyclic) bond motifs is 5. The molecule has 7 rings (SSSR count). The van der Waals surface area contributed by atoms with E-state index in [2.05, 4.69) is 145 Å². The predicted molar refractivity (Wildman–Crippen MR) is 188 cm³/mol. The van der Waals surface area contributed by atoms with Crippen LogP contribution < -0.4 is 16.4 Å². The molecule has 1 nitrogen and oxygen atoms in total. The Hall–Kier alpha value is -4.69. The normalized spacial score (nSPS) is 11.5. The van der Waals surface area contributed by atoms with Crippen LogP contribution in [0.2, 0.25) is 0 Å². The molecule has 0 N–H and O–H groups in total. The topological polar surface area (TPSA) is 12.9 Å². The fourth-order valence-electron chi connectivity index (χ4n) is 7.50. The van der Waals surface area contributed by atoms with Gasteiger partial charge in [-0.25, -0.2) is 0 Å². The van der Waals surface area contributed by atoms with E-state index in [1.807, 2.05) is 6.20 Å². The summed E-state index contributed by atoms with van der Waals surface area (Å²) in [6.07, 6.45) is 2.01. The molecule has 0 bridgehead atoms. The second-order valence-electron chi connectivity index (χ2n) is 12.4. The Morgan fingerprint density at radius 1 is 0.488 bits per heavy atom. The van der Waals surface area contributed by atoms with Gasteiger partial charge in [0.25, 0.3) is 0 Å². The van der Waals surface area contributed by atoms with Crippen molar-refractivity contribution in [2.75, 3.05) is 0 Å². The van der Waals surface area contributed by atoms with E-state index in [1.165, 1.54) is 87.8 Å². The molecule has 0 radical (unpaired) electrons. The highest BCUT2D eigenvalue weighted by molar-refractivity contribution is 6.96. The van der Waals surface area contributed by atoms with E-state index >= 15 is 0 Å². The third-order valence-electron chi connectivity index (χ3n) is 9.20. The van der Waals surface area contributed by atoms with Gasteiger partial charge >= 0.3 is 0 Å². The first-order valence-electron chi connectivity index (χ1n) is 15.2. The fraction of sp³-hybridized carbons (Fsp3) is 0.146. The van der Waals surface area contributed by atoms with Crippen LogP contribution in [-0.4, -0.2) is 11.7 Å². The van der Waals surface area contributed by atoms with Crippen molar-refractivity contribution in [2.45, 2.75) is 41.5 Å². The molecule has 0 aliphatic rings. The predicted octanol–water partition coefficient (Wildman–Crippen LogP) is 8.57. The van der Waals surface area contributed by atoms with Gasteiger partial charge in [0.05, 0.1) is 5.52 Å². The first kappa shape index (κ1) is 27.2. The highest BCUT2D eigenvalue weighted by Gasteiger charge is 2.28. The van der Waals surface area contributed by atoms with E-state index in [0.717, 1.165) is 5.52 Å². The van der Waals surface area contributed by atoms with Crippen LogP contribution in [0.4, 0.5) is 0 Å². The highest BCUT2D eigenvalue weighted by atomic mass is 14.6. The summed E-state index contributed by atoms with van der Waals surface area (Å²) in [6.45, 7) is 13.6. The Bertz CT molecular complexity index is 2090. The lowest BCUT2D eigenvalue weighted by Gasteiger charge is -2.24. The third kappa shape index (κ3) is 4.72. The van der Waals surface area contributed by atoms with Crippen LogP contribution in [0.5, 0.6) is 0 Å². The Balaban J connectivity index is 1.35. The van der Waals surface area contributed by atoms with E-state index in [1.54, 1.807) is 0 Å². The largest absolute Gasteiger partial charge is 0.256 e. The third-order valence-corrected chi connectivity index (χ3v) is 9.20. The zero-order valence-electron chi connectivity index (χ0n) is 25.9. The summed E-state index contributed by atoms with van der Waals surface area (Å²) in [5.41, 5.74) is 15.6. The van der Waals surface area contributed by atoms with Crippen molar-refractivity contribution in [1.82, 2.24) is 4.98 Å². The minimum Gasteiger partial charge on any atom is -0.256 e. The van der Waals surface area contributed by atoms with Gasteiger partial charge in [0.1, 0.15) is 0 Å². The number of hydrogen-bond donors (Lipinski definition) is 0. The number of rotatable bonds is 4. The average molecular weight is 554 g/mol. The van der Waals surface area contributed by atoms with Gasteiger partial charge in [0.2, 0.25) is 6.71 Å². The fourth-order valence-corrected chi connectivity index (χ4v) is 7.50. The first-order chi connectivity index (χ1) is 20.8. The number of benzene rings is 6. The molecule has 0 aliphatic heterocycles. The molecule has 0 aliphatic carbocycles. The molecule has 2 heteroatoms. The van der Waals surface area contributed by atoms with Crippen LogP contribution in [0.25, 0.3) is 43.6 Å². The summed E-state index contributed by atoms with van der Waals surface area (Å²) in [5, 5.41) is 6.19. The van der Waals surface area contributed by atoms with E-state index in [-0.39, 0.29) is 6.71 Å². The van der Waals surface area contributed by atoms with Gasteiger partial charge in [-0.3, -0.25) is 4.98 Å². The van der Waals surface area contributed by atoms with Crippen molar-refractivity contribution in [3.05, 3.63) is 143 Å². The smallest absolute Gasteiger partial charge is 0.242 e. The summed E-state index contributed by atoms with van der Waals surface area (Å²) < 4.78 is 0. The van der Waals surface area contributed by atoms with E-state index in [0.29, 0.717) is 0 Å². The minimum absolute atomic E-state index is 0.174. The molecule has 6 aromatic carbocycles. The molecule has 0 unspecified atom stereocenters. The Kier molecular flexibility index (Phi) is 6.66. The van der Waals surface area contributed by atoms with E-state index in [4.69, 9.17) is 4.98 Å². The van der Waals surface area contributed by atoms with E-state index in [9.17, 15) is 0 Å². The zero-order chi connectivity index (χ0) is 29.8. The van der Waals surface area contributed by atoms with Gasteiger partial charge in [-0.15, -0.1) is 0 Å². The quantitative estimate of drug-likeness (QED) is 0.157. The lowest BCUT2D eigenvalue weighted by Crippen LogP contribution is -2.55. The number of aromatic nitrogens is 1. The summed E-state index contributed by atoms with van der Waals surface area (Å²) in [6, 6.07) is 38.3. The lowest BCUT2D eigenvalue weighted by molar-refractivity contribution is 1.34. The SMILES string of the molecule is Cc1cc(C)c(B(c2ccc(-c3ccc4c(c3)ncc3ccc5ccccc5c34)cc2)c2c(C)cc(C)cc2C)c(C)c1. The summed E-state index contributed by atoms with van der Waals surface area (Å²) in [5.74, 6) is 0. The van der Waals surface area contributed by atoms with Gasteiger partial charge in [-0.1, -0.05) is 147 Å². The van der Waals surface area contributed by atoms with Gasteiger partial charge in [-0.05, 0) is 69.5 Å². The van der Waals surface area contributed by atoms with Crippen LogP contribution in [0, 0.1) is 41.5 Å². The second kappa shape index (κ2) is 10.5. The summed E-state index contributed by atoms with van der Waals surface area (Å²) in [4.78, 5) is 4.88. The number of aryl methyl sites for hydroxylation is 6. The molecule has 1 aromatic heterocycles. The van der Waals surface area contributed by atoms with Crippen molar-refractivity contribution in [2.24, 2.45) is 0 Å². The molecule has 208 valence electrons. The number of nitrogens with zero attached hydrogens (tertiary/aromatic N) is 1. The Morgan fingerprint density at radius 3 is 1.67 bits per heavy atom. The maximum atomic E-state index is 4.88. The molecular formula is C41H36BN. The van der Waals surface area contributed by atoms with Crippen LogP contribution in [0.1, 0.15) is 33.4 Å². The van der Waals surface area contributed by atoms with Crippen molar-refractivity contribution in [1.29, 1.82) is 0 Å². The molecule has 7 aromatic rings. The molecule has 0 fully saturated rings. The molecule has 1 heterocycles. The Morgan fingerprint density at radius 2 is 1.05 bits per heavy atom. The molecule has 0 amide bonds. The minimum atomic E-state index is 0.174. The molecule has 0 saturated carbocycles. The maximum absolute atomic E-state index is 4.88. The lowest BCUT2D eigenvalue weighted by atomic mass is 9.34. The zero-order valence-corrected chi connectivity index (χ0v) is 25.9. The van der Waals surface area contributed by atoms with Gasteiger partial charge in [-0.2, -0.15) is 0 Å². The average Bonchev–Trinajstić information content (AvgIpc) is 2.99. The highest BCUT2D eigenvalue weighted by Crippen LogP contribution is 2.33. The van der Waals surface area contributed by atoms with Gasteiger partial charge in [0.15, 0.2) is 0 Å². The van der Waals surface area contributed by atoms with Crippen LogP contribution in [-0.2, 0) is 0 Å². The second-order valence-corrected chi connectivity index (χ2v) is 12.4. The maximum Gasteiger partial charge on any atom is 0.242 e. The van der Waals surface area contributed by atoms with Gasteiger partial charge < -0.3 is 0 Å². The summed E-state index contributed by atoms with van der Waals surface area (Å²) >= 11 is 0. The van der Waals surface area contributed by atoms with Crippen LogP contribution in [0.15, 0.2) is 109 Å². The molecule has 0 atom stereocenters.